The summed E-state index contributed by atoms with van der Waals surface area (Å²) in [5.41, 5.74) is 6.67. The number of ether oxygens (including phenoxy) is 1. The molecule has 0 aliphatic carbocycles. The van der Waals surface area contributed by atoms with E-state index in [-0.39, 0.29) is 12.5 Å². The molecule has 1 N–H and O–H groups in total. The number of rotatable bonds is 6. The predicted octanol–water partition coefficient (Wildman–Crippen LogP) is 3.89. The molecule has 0 radical (unpaired) electrons. The van der Waals surface area contributed by atoms with Gasteiger partial charge in [-0.25, -0.2) is 5.43 Å². The van der Waals surface area contributed by atoms with Crippen LogP contribution in [0.3, 0.4) is 0 Å². The Bertz CT molecular complexity index is 749. The van der Waals surface area contributed by atoms with Crippen molar-refractivity contribution in [2.24, 2.45) is 5.10 Å². The minimum absolute atomic E-state index is 0.0664. The van der Waals surface area contributed by atoms with E-state index in [9.17, 15) is 4.79 Å². The molecule has 0 heterocycles. The summed E-state index contributed by atoms with van der Waals surface area (Å²) in [6.07, 6.45) is 3.60. The van der Waals surface area contributed by atoms with Gasteiger partial charge in [0.2, 0.25) is 0 Å². The molecular weight excluding hydrogens is 300 g/mol. The van der Waals surface area contributed by atoms with Crippen molar-refractivity contribution < 1.29 is 9.53 Å². The Kier molecular flexibility index (Phi) is 6.32. The third-order valence-corrected chi connectivity index (χ3v) is 3.57. The standard InChI is InChI=1S/C20H22N2O2/c1-15(12-18-9-5-4-6-10-18)13-21-22-20(23)14-24-19-11-7-8-16(2)17(19)3/h4-13H,14H2,1-3H3,(H,22,23)/b15-12+,21-13-. The van der Waals surface area contributed by atoms with E-state index in [0.717, 1.165) is 22.3 Å². The highest BCUT2D eigenvalue weighted by molar-refractivity contribution is 5.86. The summed E-state index contributed by atoms with van der Waals surface area (Å²) in [5.74, 6) is 0.425. The molecule has 24 heavy (non-hydrogen) atoms. The summed E-state index contributed by atoms with van der Waals surface area (Å²) >= 11 is 0. The van der Waals surface area contributed by atoms with Gasteiger partial charge in [0, 0.05) is 0 Å². The van der Waals surface area contributed by atoms with Crippen LogP contribution in [0.5, 0.6) is 5.75 Å². The van der Waals surface area contributed by atoms with Gasteiger partial charge in [0.05, 0.1) is 6.21 Å². The first kappa shape index (κ1) is 17.5. The molecule has 0 aromatic heterocycles. The zero-order valence-electron chi connectivity index (χ0n) is 14.2. The van der Waals surface area contributed by atoms with E-state index in [2.05, 4.69) is 10.5 Å². The maximum Gasteiger partial charge on any atom is 0.277 e. The van der Waals surface area contributed by atoms with Crippen molar-refractivity contribution in [1.29, 1.82) is 0 Å². The fraction of sp³-hybridized carbons (Fsp3) is 0.200. The van der Waals surface area contributed by atoms with Gasteiger partial charge in [-0.05, 0) is 49.1 Å². The van der Waals surface area contributed by atoms with Gasteiger partial charge in [-0.1, -0.05) is 48.5 Å². The molecule has 0 unspecified atom stereocenters. The average Bonchev–Trinajstić information content (AvgIpc) is 2.57. The monoisotopic (exact) mass is 322 g/mol. The lowest BCUT2D eigenvalue weighted by molar-refractivity contribution is -0.123. The molecule has 2 rings (SSSR count). The van der Waals surface area contributed by atoms with Gasteiger partial charge in [0.15, 0.2) is 6.61 Å². The Morgan fingerprint density at radius 3 is 2.62 bits per heavy atom. The minimum atomic E-state index is -0.292. The van der Waals surface area contributed by atoms with E-state index in [1.54, 1.807) is 6.21 Å². The fourth-order valence-electron chi connectivity index (χ4n) is 2.11. The number of aryl methyl sites for hydroxylation is 1. The fourth-order valence-corrected chi connectivity index (χ4v) is 2.11. The zero-order valence-corrected chi connectivity index (χ0v) is 14.2. The highest BCUT2D eigenvalue weighted by atomic mass is 16.5. The van der Waals surface area contributed by atoms with Crippen molar-refractivity contribution in [3.63, 3.8) is 0 Å². The quantitative estimate of drug-likeness (QED) is 0.648. The molecule has 4 nitrogen and oxygen atoms in total. The maximum atomic E-state index is 11.8. The predicted molar refractivity (Wildman–Crippen MR) is 98.1 cm³/mol. The van der Waals surface area contributed by atoms with Crippen molar-refractivity contribution in [2.45, 2.75) is 20.8 Å². The number of benzene rings is 2. The third kappa shape index (κ3) is 5.39. The highest BCUT2D eigenvalue weighted by Gasteiger charge is 2.05. The topological polar surface area (TPSA) is 50.7 Å². The summed E-state index contributed by atoms with van der Waals surface area (Å²) < 4.78 is 5.53. The van der Waals surface area contributed by atoms with Crippen LogP contribution in [0.2, 0.25) is 0 Å². The molecule has 0 spiro atoms. The van der Waals surface area contributed by atoms with Crippen molar-refractivity contribution in [1.82, 2.24) is 5.43 Å². The summed E-state index contributed by atoms with van der Waals surface area (Å²) in [4.78, 5) is 11.8. The molecule has 0 atom stereocenters. The van der Waals surface area contributed by atoms with Crippen LogP contribution in [0.4, 0.5) is 0 Å². The first-order valence-corrected chi connectivity index (χ1v) is 7.80. The second-order valence-electron chi connectivity index (χ2n) is 5.58. The van der Waals surface area contributed by atoms with Gasteiger partial charge in [-0.15, -0.1) is 0 Å². The number of hydrogen-bond acceptors (Lipinski definition) is 3. The molecule has 0 aliphatic heterocycles. The highest BCUT2D eigenvalue weighted by Crippen LogP contribution is 2.20. The molecule has 2 aromatic rings. The van der Waals surface area contributed by atoms with E-state index in [0.29, 0.717) is 5.75 Å². The van der Waals surface area contributed by atoms with E-state index in [4.69, 9.17) is 4.74 Å². The van der Waals surface area contributed by atoms with E-state index in [1.807, 2.05) is 75.4 Å². The van der Waals surface area contributed by atoms with Crippen LogP contribution in [-0.2, 0) is 4.79 Å². The lowest BCUT2D eigenvalue weighted by Gasteiger charge is -2.09. The Hall–Kier alpha value is -2.88. The van der Waals surface area contributed by atoms with Gasteiger partial charge in [-0.3, -0.25) is 4.79 Å². The smallest absolute Gasteiger partial charge is 0.277 e. The largest absolute Gasteiger partial charge is 0.483 e. The van der Waals surface area contributed by atoms with Crippen molar-refractivity contribution in [2.75, 3.05) is 6.61 Å². The van der Waals surface area contributed by atoms with Crippen LogP contribution in [0, 0.1) is 13.8 Å². The molecule has 0 aliphatic rings. The molecule has 4 heteroatoms. The van der Waals surface area contributed by atoms with E-state index < -0.39 is 0 Å². The van der Waals surface area contributed by atoms with Crippen LogP contribution in [0.15, 0.2) is 59.2 Å². The molecule has 0 fully saturated rings. The zero-order chi connectivity index (χ0) is 17.4. The lowest BCUT2D eigenvalue weighted by atomic mass is 10.1. The molecule has 0 saturated heterocycles. The first-order chi connectivity index (χ1) is 11.6. The Labute approximate surface area is 142 Å². The molecule has 0 saturated carbocycles. The normalized spacial score (nSPS) is 11.5. The van der Waals surface area contributed by atoms with Gasteiger partial charge >= 0.3 is 0 Å². The van der Waals surface area contributed by atoms with Gasteiger partial charge in [0.1, 0.15) is 5.75 Å². The van der Waals surface area contributed by atoms with E-state index in [1.165, 1.54) is 0 Å². The summed E-state index contributed by atoms with van der Waals surface area (Å²) in [6, 6.07) is 15.7. The summed E-state index contributed by atoms with van der Waals surface area (Å²) in [6.45, 7) is 5.84. The van der Waals surface area contributed by atoms with Crippen molar-refractivity contribution >= 4 is 18.2 Å². The van der Waals surface area contributed by atoms with Crippen LogP contribution in [0.1, 0.15) is 23.6 Å². The van der Waals surface area contributed by atoms with Crippen LogP contribution in [-0.4, -0.2) is 18.7 Å². The number of allylic oxidation sites excluding steroid dienone is 1. The Morgan fingerprint density at radius 2 is 1.88 bits per heavy atom. The second-order valence-corrected chi connectivity index (χ2v) is 5.58. The van der Waals surface area contributed by atoms with Crippen molar-refractivity contribution in [3.8, 4) is 5.75 Å². The number of hydrazone groups is 1. The molecular formula is C20H22N2O2. The average molecular weight is 322 g/mol. The second kappa shape index (κ2) is 8.67. The van der Waals surface area contributed by atoms with Gasteiger partial charge in [0.25, 0.3) is 5.91 Å². The number of hydrogen-bond donors (Lipinski definition) is 1. The number of carbonyl (C=O) groups excluding carboxylic acids is 1. The molecule has 0 bridgehead atoms. The summed E-state index contributed by atoms with van der Waals surface area (Å²) in [5, 5.41) is 3.95. The number of nitrogens with zero attached hydrogens (tertiary/aromatic N) is 1. The third-order valence-electron chi connectivity index (χ3n) is 3.57. The van der Waals surface area contributed by atoms with Crippen LogP contribution in [0.25, 0.3) is 6.08 Å². The minimum Gasteiger partial charge on any atom is -0.483 e. The molecule has 1 amide bonds. The number of nitrogens with one attached hydrogen (secondary N) is 1. The molecule has 2 aromatic carbocycles. The Balaban J connectivity index is 1.82. The number of carbonyl (C=O) groups is 1. The van der Waals surface area contributed by atoms with Crippen LogP contribution < -0.4 is 10.2 Å². The lowest BCUT2D eigenvalue weighted by Crippen LogP contribution is -2.24. The van der Waals surface area contributed by atoms with Crippen molar-refractivity contribution in [3.05, 3.63) is 70.8 Å². The molecule has 124 valence electrons. The van der Waals surface area contributed by atoms with Gasteiger partial charge < -0.3 is 4.74 Å². The number of amides is 1. The summed E-state index contributed by atoms with van der Waals surface area (Å²) in [7, 11) is 0. The Morgan fingerprint density at radius 1 is 1.12 bits per heavy atom. The first-order valence-electron chi connectivity index (χ1n) is 7.80. The van der Waals surface area contributed by atoms with Gasteiger partial charge in [-0.2, -0.15) is 5.10 Å². The van der Waals surface area contributed by atoms with E-state index >= 15 is 0 Å². The van der Waals surface area contributed by atoms with Crippen LogP contribution >= 0.6 is 0 Å². The SMILES string of the molecule is CC(/C=N\NC(=O)COc1cccc(C)c1C)=C\c1ccccc1. The maximum absolute atomic E-state index is 11.8.